The number of esters is 1. The summed E-state index contributed by atoms with van der Waals surface area (Å²) in [6.45, 7) is 8.27. The maximum atomic E-state index is 13.1. The van der Waals surface area contributed by atoms with Crippen LogP contribution in [0.4, 0.5) is 4.79 Å². The van der Waals surface area contributed by atoms with Crippen molar-refractivity contribution in [3.63, 3.8) is 0 Å². The van der Waals surface area contributed by atoms with Gasteiger partial charge in [0.25, 0.3) is 5.56 Å². The Morgan fingerprint density at radius 3 is 2.38 bits per heavy atom. The van der Waals surface area contributed by atoms with E-state index in [1.807, 2.05) is 0 Å². The molecule has 0 N–H and O–H groups in total. The SMILES string of the molecule is COC(=O)C(=O)CCC[C@H]1O[C@@H](n2ccc(=O)n(C(=O)OC(C)(C)C)c2=O)[C@@H]2OC(C)(C)O[C@@H]21. The topological polar surface area (TPSA) is 141 Å². The van der Waals surface area contributed by atoms with Crippen molar-refractivity contribution in [3.05, 3.63) is 33.1 Å². The Hall–Kier alpha value is -2.83. The van der Waals surface area contributed by atoms with Gasteiger partial charge < -0.3 is 23.7 Å². The Morgan fingerprint density at radius 2 is 1.76 bits per heavy atom. The highest BCUT2D eigenvalue weighted by atomic mass is 16.8. The number of carbonyl (C=O) groups excluding carboxylic acids is 3. The number of rotatable bonds is 6. The molecule has 12 nitrogen and oxygen atoms in total. The molecule has 0 saturated carbocycles. The third kappa shape index (κ3) is 5.45. The monoisotopic (exact) mass is 482 g/mol. The van der Waals surface area contributed by atoms with Crippen LogP contribution in [0.5, 0.6) is 0 Å². The van der Waals surface area contributed by atoms with E-state index in [-0.39, 0.29) is 6.42 Å². The molecule has 4 atom stereocenters. The first-order chi connectivity index (χ1) is 15.7. The third-order valence-corrected chi connectivity index (χ3v) is 5.29. The van der Waals surface area contributed by atoms with E-state index in [1.165, 1.54) is 6.20 Å². The van der Waals surface area contributed by atoms with Gasteiger partial charge in [-0.2, -0.15) is 4.57 Å². The molecular weight excluding hydrogens is 452 g/mol. The van der Waals surface area contributed by atoms with Crippen LogP contribution in [0.15, 0.2) is 21.9 Å². The van der Waals surface area contributed by atoms with Crippen LogP contribution in [-0.4, -0.2) is 63.8 Å². The number of carbonyl (C=O) groups is 3. The molecule has 34 heavy (non-hydrogen) atoms. The molecule has 1 aromatic heterocycles. The summed E-state index contributed by atoms with van der Waals surface area (Å²) in [7, 11) is 1.13. The zero-order valence-corrected chi connectivity index (χ0v) is 20.1. The molecule has 2 aliphatic heterocycles. The average molecular weight is 482 g/mol. The molecule has 0 spiro atoms. The van der Waals surface area contributed by atoms with Gasteiger partial charge in [0.1, 0.15) is 17.8 Å². The number of aromatic nitrogens is 2. The van der Waals surface area contributed by atoms with Crippen molar-refractivity contribution < 1.29 is 38.1 Å². The van der Waals surface area contributed by atoms with E-state index < -0.39 is 65.0 Å². The number of methoxy groups -OCH3 is 1. The lowest BCUT2D eigenvalue weighted by atomic mass is 10.0. The van der Waals surface area contributed by atoms with Crippen LogP contribution >= 0.6 is 0 Å². The number of hydrogen-bond donors (Lipinski definition) is 0. The highest BCUT2D eigenvalue weighted by Crippen LogP contribution is 2.43. The molecule has 3 rings (SSSR count). The van der Waals surface area contributed by atoms with Crippen LogP contribution in [-0.2, 0) is 33.3 Å². The Bertz CT molecular complexity index is 1080. The van der Waals surface area contributed by atoms with E-state index in [0.29, 0.717) is 17.4 Å². The molecule has 0 unspecified atom stereocenters. The van der Waals surface area contributed by atoms with E-state index in [4.69, 9.17) is 18.9 Å². The van der Waals surface area contributed by atoms with Crippen LogP contribution in [0.25, 0.3) is 0 Å². The second-order valence-electron chi connectivity index (χ2n) is 9.60. The van der Waals surface area contributed by atoms with Crippen molar-refractivity contribution in [2.45, 2.75) is 89.8 Å². The molecule has 0 aliphatic carbocycles. The number of hydrogen-bond acceptors (Lipinski definition) is 10. The van der Waals surface area contributed by atoms with E-state index in [2.05, 4.69) is 4.74 Å². The van der Waals surface area contributed by atoms with Gasteiger partial charge in [-0.15, -0.1) is 0 Å². The van der Waals surface area contributed by atoms with Crippen molar-refractivity contribution in [2.24, 2.45) is 0 Å². The molecule has 2 aliphatic rings. The summed E-state index contributed by atoms with van der Waals surface area (Å²) in [5.41, 5.74) is -2.70. The van der Waals surface area contributed by atoms with Gasteiger partial charge in [-0.1, -0.05) is 0 Å². The lowest BCUT2D eigenvalue weighted by Crippen LogP contribution is -2.47. The van der Waals surface area contributed by atoms with Crippen LogP contribution in [0, 0.1) is 0 Å². The van der Waals surface area contributed by atoms with Gasteiger partial charge in [-0.3, -0.25) is 14.2 Å². The largest absolute Gasteiger partial charge is 0.463 e. The standard InChI is InChI=1S/C22H30N2O10/c1-21(2,3)34-20(29)24-14(26)10-11-23(19(24)28)17-16-15(32-22(4,5)33-16)13(31-17)9-7-8-12(25)18(27)30-6/h10-11,13,15-17H,7-9H2,1-6H3/t13-,15-,16-,17-/m1/s1. The lowest BCUT2D eigenvalue weighted by molar-refractivity contribution is -0.198. The summed E-state index contributed by atoms with van der Waals surface area (Å²) in [5, 5.41) is 0. The fourth-order valence-electron chi connectivity index (χ4n) is 3.96. The van der Waals surface area contributed by atoms with Crippen molar-refractivity contribution in [2.75, 3.05) is 7.11 Å². The molecule has 2 saturated heterocycles. The smallest absolute Gasteiger partial charge is 0.425 e. The number of ketones is 1. The fraction of sp³-hybridized carbons (Fsp3) is 0.682. The predicted molar refractivity (Wildman–Crippen MR) is 115 cm³/mol. The Labute approximate surface area is 195 Å². The normalized spacial score (nSPS) is 25.6. The van der Waals surface area contributed by atoms with Crippen LogP contribution in [0.1, 0.15) is 60.1 Å². The van der Waals surface area contributed by atoms with E-state index in [1.54, 1.807) is 34.6 Å². The minimum atomic E-state index is -1.10. The lowest BCUT2D eigenvalue weighted by Gasteiger charge is -2.25. The highest BCUT2D eigenvalue weighted by molar-refractivity contribution is 6.33. The second-order valence-corrected chi connectivity index (χ2v) is 9.60. The first-order valence-corrected chi connectivity index (χ1v) is 10.9. The third-order valence-electron chi connectivity index (χ3n) is 5.29. The van der Waals surface area contributed by atoms with Gasteiger partial charge in [0.2, 0.25) is 5.78 Å². The van der Waals surface area contributed by atoms with Gasteiger partial charge in [0, 0.05) is 18.7 Å². The molecule has 0 amide bonds. The van der Waals surface area contributed by atoms with Crippen LogP contribution in [0.3, 0.4) is 0 Å². The summed E-state index contributed by atoms with van der Waals surface area (Å²) in [5.74, 6) is -2.54. The average Bonchev–Trinajstić information content (AvgIpc) is 3.19. The Balaban J connectivity index is 1.86. The second kappa shape index (κ2) is 9.43. The molecule has 1 aromatic rings. The first-order valence-electron chi connectivity index (χ1n) is 10.9. The maximum Gasteiger partial charge on any atom is 0.425 e. The van der Waals surface area contributed by atoms with E-state index >= 15 is 0 Å². The highest BCUT2D eigenvalue weighted by Gasteiger charge is 2.55. The summed E-state index contributed by atoms with van der Waals surface area (Å²) >= 11 is 0. The minimum Gasteiger partial charge on any atom is -0.463 e. The number of nitrogens with zero attached hydrogens (tertiary/aromatic N) is 2. The molecule has 2 fully saturated rings. The molecule has 0 radical (unpaired) electrons. The van der Waals surface area contributed by atoms with E-state index in [0.717, 1.165) is 17.7 Å². The van der Waals surface area contributed by atoms with Crippen molar-refractivity contribution in [3.8, 4) is 0 Å². The fourth-order valence-corrected chi connectivity index (χ4v) is 3.96. The van der Waals surface area contributed by atoms with Crippen LogP contribution in [0.2, 0.25) is 0 Å². The summed E-state index contributed by atoms with van der Waals surface area (Å²) < 4.78 is 29.1. The maximum absolute atomic E-state index is 13.1. The molecule has 0 bridgehead atoms. The molecule has 3 heterocycles. The number of fused-ring (bicyclic) bond motifs is 1. The summed E-state index contributed by atoms with van der Waals surface area (Å²) in [4.78, 5) is 61.0. The zero-order valence-electron chi connectivity index (χ0n) is 20.1. The van der Waals surface area contributed by atoms with E-state index in [9.17, 15) is 24.0 Å². The van der Waals surface area contributed by atoms with Gasteiger partial charge >= 0.3 is 17.8 Å². The molecule has 0 aromatic carbocycles. The summed E-state index contributed by atoms with van der Waals surface area (Å²) in [6, 6.07) is 1.06. The van der Waals surface area contributed by atoms with Gasteiger partial charge in [0.15, 0.2) is 12.0 Å². The quantitative estimate of drug-likeness (QED) is 0.428. The van der Waals surface area contributed by atoms with Crippen molar-refractivity contribution in [1.82, 2.24) is 9.13 Å². The number of ether oxygens (including phenoxy) is 5. The molecular formula is C22H30N2O10. The molecule has 12 heteroatoms. The Kier molecular flexibility index (Phi) is 7.15. The molecule has 188 valence electrons. The van der Waals surface area contributed by atoms with Gasteiger partial charge in [-0.05, 0) is 47.5 Å². The van der Waals surface area contributed by atoms with Crippen molar-refractivity contribution in [1.29, 1.82) is 0 Å². The summed E-state index contributed by atoms with van der Waals surface area (Å²) in [6.07, 6.45) is -2.15. The Morgan fingerprint density at radius 1 is 1.12 bits per heavy atom. The minimum absolute atomic E-state index is 0.0394. The predicted octanol–water partition coefficient (Wildman–Crippen LogP) is 1.12. The first kappa shape index (κ1) is 25.8. The van der Waals surface area contributed by atoms with Crippen LogP contribution < -0.4 is 11.2 Å². The zero-order chi connectivity index (χ0) is 25.4. The number of Topliss-reactive ketones (excluding diaryl/α,β-unsaturated/α-hetero) is 1. The van der Waals surface area contributed by atoms with Gasteiger partial charge in [0.05, 0.1) is 13.2 Å². The van der Waals surface area contributed by atoms with Crippen molar-refractivity contribution >= 4 is 17.8 Å². The van der Waals surface area contributed by atoms with Gasteiger partial charge in [-0.25, -0.2) is 14.4 Å².